The predicted molar refractivity (Wildman–Crippen MR) is 58.9 cm³/mol. The molecule has 0 saturated carbocycles. The third-order valence-corrected chi connectivity index (χ3v) is 1.96. The van der Waals surface area contributed by atoms with Crippen LogP contribution >= 0.6 is 0 Å². The molecule has 1 rings (SSSR count). The van der Waals surface area contributed by atoms with Gasteiger partial charge in [0.15, 0.2) is 0 Å². The molecule has 2 N–H and O–H groups in total. The van der Waals surface area contributed by atoms with Crippen molar-refractivity contribution in [3.63, 3.8) is 0 Å². The first kappa shape index (κ1) is 10.7. The minimum absolute atomic E-state index is 0.477. The standard InChI is InChI=1S/C12H15NO/c13-9-8-12-6-4-11(5-7-12)3-1-2-10-14/h1,3-7,10H,2,8-9,13H2. The highest BCUT2D eigenvalue weighted by Gasteiger charge is 1.90. The summed E-state index contributed by atoms with van der Waals surface area (Å²) in [6.07, 6.45) is 6.08. The van der Waals surface area contributed by atoms with Gasteiger partial charge in [-0.05, 0) is 24.1 Å². The van der Waals surface area contributed by atoms with Crippen LogP contribution in [0.15, 0.2) is 30.3 Å². The second-order valence-electron chi connectivity index (χ2n) is 3.08. The maximum Gasteiger partial charge on any atom is 0.123 e. The molecule has 0 bridgehead atoms. The van der Waals surface area contributed by atoms with Crippen molar-refractivity contribution in [2.75, 3.05) is 6.54 Å². The summed E-state index contributed by atoms with van der Waals surface area (Å²) in [6, 6.07) is 8.19. The average molecular weight is 189 g/mol. The quantitative estimate of drug-likeness (QED) is 0.717. The summed E-state index contributed by atoms with van der Waals surface area (Å²) in [6.45, 7) is 0.681. The molecule has 14 heavy (non-hydrogen) atoms. The van der Waals surface area contributed by atoms with E-state index in [1.54, 1.807) is 0 Å². The molecule has 1 aromatic rings. The number of aldehydes is 1. The van der Waals surface area contributed by atoms with Crippen LogP contribution in [0.1, 0.15) is 17.5 Å². The van der Waals surface area contributed by atoms with E-state index in [2.05, 4.69) is 12.1 Å². The third-order valence-electron chi connectivity index (χ3n) is 1.96. The SMILES string of the molecule is NCCc1ccc(C=CCC=O)cc1. The average Bonchev–Trinajstić information content (AvgIpc) is 2.21. The molecule has 0 aromatic heterocycles. The number of benzene rings is 1. The van der Waals surface area contributed by atoms with Gasteiger partial charge in [-0.3, -0.25) is 0 Å². The molecule has 1 aromatic carbocycles. The van der Waals surface area contributed by atoms with Crippen LogP contribution in [0.4, 0.5) is 0 Å². The van der Waals surface area contributed by atoms with Crippen LogP contribution in [0.3, 0.4) is 0 Å². The smallest absolute Gasteiger partial charge is 0.123 e. The van der Waals surface area contributed by atoms with E-state index in [0.717, 1.165) is 18.3 Å². The van der Waals surface area contributed by atoms with Gasteiger partial charge in [0.1, 0.15) is 6.29 Å². The largest absolute Gasteiger partial charge is 0.330 e. The second-order valence-corrected chi connectivity index (χ2v) is 3.08. The highest BCUT2D eigenvalue weighted by atomic mass is 16.1. The van der Waals surface area contributed by atoms with Crippen LogP contribution < -0.4 is 5.73 Å². The molecule has 0 heterocycles. The van der Waals surface area contributed by atoms with E-state index in [9.17, 15) is 4.79 Å². The fourth-order valence-electron chi connectivity index (χ4n) is 1.22. The molecule has 0 amide bonds. The van der Waals surface area contributed by atoms with Crippen molar-refractivity contribution in [2.45, 2.75) is 12.8 Å². The number of hydrogen-bond donors (Lipinski definition) is 1. The van der Waals surface area contributed by atoms with Crippen molar-refractivity contribution in [3.8, 4) is 0 Å². The molecule has 0 fully saturated rings. The maximum atomic E-state index is 10.1. The Kier molecular flexibility index (Phi) is 4.65. The van der Waals surface area contributed by atoms with E-state index < -0.39 is 0 Å². The van der Waals surface area contributed by atoms with Gasteiger partial charge in [0.05, 0.1) is 0 Å². The van der Waals surface area contributed by atoms with Crippen LogP contribution in [0, 0.1) is 0 Å². The lowest BCUT2D eigenvalue weighted by Crippen LogP contribution is -2.02. The van der Waals surface area contributed by atoms with Crippen LogP contribution in [0.25, 0.3) is 6.08 Å². The molecule has 2 heteroatoms. The lowest BCUT2D eigenvalue weighted by Gasteiger charge is -1.98. The van der Waals surface area contributed by atoms with Crippen molar-refractivity contribution in [3.05, 3.63) is 41.5 Å². The first-order chi connectivity index (χ1) is 6.86. The van der Waals surface area contributed by atoms with Crippen molar-refractivity contribution in [1.29, 1.82) is 0 Å². The maximum absolute atomic E-state index is 10.1. The lowest BCUT2D eigenvalue weighted by atomic mass is 10.1. The van der Waals surface area contributed by atoms with E-state index in [4.69, 9.17) is 5.73 Å². The number of carbonyl (C=O) groups excluding carboxylic acids is 1. The summed E-state index contributed by atoms with van der Waals surface area (Å²) in [4.78, 5) is 10.1. The minimum atomic E-state index is 0.477. The first-order valence-electron chi connectivity index (χ1n) is 4.76. The van der Waals surface area contributed by atoms with E-state index >= 15 is 0 Å². The van der Waals surface area contributed by atoms with Gasteiger partial charge in [-0.15, -0.1) is 0 Å². The molecule has 0 radical (unpaired) electrons. The molecular weight excluding hydrogens is 174 g/mol. The highest BCUT2D eigenvalue weighted by Crippen LogP contribution is 2.06. The number of rotatable bonds is 5. The molecule has 0 aliphatic heterocycles. The Morgan fingerprint density at radius 2 is 1.93 bits per heavy atom. The Labute approximate surface area is 84.4 Å². The van der Waals surface area contributed by atoms with Gasteiger partial charge < -0.3 is 10.5 Å². The molecule has 0 aliphatic rings. The van der Waals surface area contributed by atoms with E-state index in [1.165, 1.54) is 5.56 Å². The van der Waals surface area contributed by atoms with Gasteiger partial charge in [0.25, 0.3) is 0 Å². The van der Waals surface area contributed by atoms with E-state index in [0.29, 0.717) is 13.0 Å². The number of allylic oxidation sites excluding steroid dienone is 1. The fourth-order valence-corrected chi connectivity index (χ4v) is 1.22. The number of hydrogen-bond acceptors (Lipinski definition) is 2. The Morgan fingerprint density at radius 3 is 2.50 bits per heavy atom. The van der Waals surface area contributed by atoms with E-state index in [-0.39, 0.29) is 0 Å². The normalized spacial score (nSPS) is 10.6. The van der Waals surface area contributed by atoms with Crippen molar-refractivity contribution >= 4 is 12.4 Å². The molecule has 2 nitrogen and oxygen atoms in total. The number of nitrogens with two attached hydrogens (primary N) is 1. The lowest BCUT2D eigenvalue weighted by molar-refractivity contribution is -0.107. The fraction of sp³-hybridized carbons (Fsp3) is 0.250. The summed E-state index contributed by atoms with van der Waals surface area (Å²) < 4.78 is 0. The van der Waals surface area contributed by atoms with Gasteiger partial charge >= 0.3 is 0 Å². The van der Waals surface area contributed by atoms with Crippen LogP contribution in [0.2, 0.25) is 0 Å². The summed E-state index contributed by atoms with van der Waals surface area (Å²) in [7, 11) is 0. The molecule has 74 valence electrons. The summed E-state index contributed by atoms with van der Waals surface area (Å²) in [5, 5.41) is 0. The van der Waals surface area contributed by atoms with Crippen molar-refractivity contribution < 1.29 is 4.79 Å². The summed E-state index contributed by atoms with van der Waals surface area (Å²) in [5.41, 5.74) is 7.81. The van der Waals surface area contributed by atoms with Crippen molar-refractivity contribution in [1.82, 2.24) is 0 Å². The zero-order chi connectivity index (χ0) is 10.2. The Bertz CT molecular complexity index is 301. The Balaban J connectivity index is 2.58. The highest BCUT2D eigenvalue weighted by molar-refractivity contribution is 5.57. The van der Waals surface area contributed by atoms with Gasteiger partial charge in [-0.2, -0.15) is 0 Å². The molecule has 0 aliphatic carbocycles. The van der Waals surface area contributed by atoms with Crippen LogP contribution in [0.5, 0.6) is 0 Å². The predicted octanol–water partition coefficient (Wildman–Crippen LogP) is 1.79. The van der Waals surface area contributed by atoms with Crippen LogP contribution in [-0.2, 0) is 11.2 Å². The van der Waals surface area contributed by atoms with Gasteiger partial charge in [-0.25, -0.2) is 0 Å². The van der Waals surface area contributed by atoms with Gasteiger partial charge in [0, 0.05) is 6.42 Å². The van der Waals surface area contributed by atoms with E-state index in [1.807, 2.05) is 24.3 Å². The summed E-state index contributed by atoms with van der Waals surface area (Å²) >= 11 is 0. The Hall–Kier alpha value is -1.41. The second kappa shape index (κ2) is 6.11. The zero-order valence-corrected chi connectivity index (χ0v) is 8.15. The molecule has 0 atom stereocenters. The third kappa shape index (κ3) is 3.54. The van der Waals surface area contributed by atoms with Crippen molar-refractivity contribution in [2.24, 2.45) is 5.73 Å². The minimum Gasteiger partial charge on any atom is -0.330 e. The zero-order valence-electron chi connectivity index (χ0n) is 8.15. The van der Waals surface area contributed by atoms with Gasteiger partial charge in [-0.1, -0.05) is 36.4 Å². The van der Waals surface area contributed by atoms with Crippen LogP contribution in [-0.4, -0.2) is 12.8 Å². The molecule has 0 spiro atoms. The Morgan fingerprint density at radius 1 is 1.21 bits per heavy atom. The number of carbonyl (C=O) groups is 1. The summed E-state index contributed by atoms with van der Waals surface area (Å²) in [5.74, 6) is 0. The topological polar surface area (TPSA) is 43.1 Å². The molecule has 0 saturated heterocycles. The first-order valence-corrected chi connectivity index (χ1v) is 4.76. The van der Waals surface area contributed by atoms with Gasteiger partial charge in [0.2, 0.25) is 0 Å². The molecular formula is C12H15NO. The monoisotopic (exact) mass is 189 g/mol. The molecule has 0 unspecified atom stereocenters.